The summed E-state index contributed by atoms with van der Waals surface area (Å²) >= 11 is 0. The topological polar surface area (TPSA) is 97.2 Å². The summed E-state index contributed by atoms with van der Waals surface area (Å²) in [6.07, 6.45) is 9.56. The number of nitrogens with zero attached hydrogens (tertiary/aromatic N) is 3. The fourth-order valence-electron chi connectivity index (χ4n) is 2.74. The van der Waals surface area contributed by atoms with Gasteiger partial charge in [0.2, 0.25) is 0 Å². The molecule has 0 aliphatic heterocycles. The van der Waals surface area contributed by atoms with Crippen LogP contribution in [0.5, 0.6) is 0 Å². The second-order valence-electron chi connectivity index (χ2n) is 6.92. The lowest BCUT2D eigenvalue weighted by atomic mass is 10.0. The van der Waals surface area contributed by atoms with Crippen molar-refractivity contribution in [3.05, 3.63) is 40.6 Å². The highest BCUT2D eigenvalue weighted by Crippen LogP contribution is 2.17. The van der Waals surface area contributed by atoms with Gasteiger partial charge in [-0.3, -0.25) is 14.9 Å². The highest BCUT2D eigenvalue weighted by atomic mass is 16.2. The predicted molar refractivity (Wildman–Crippen MR) is 123 cm³/mol. The van der Waals surface area contributed by atoms with E-state index in [0.717, 1.165) is 36.1 Å². The van der Waals surface area contributed by atoms with E-state index < -0.39 is 0 Å². The van der Waals surface area contributed by atoms with E-state index in [1.165, 1.54) is 6.21 Å². The summed E-state index contributed by atoms with van der Waals surface area (Å²) in [5, 5.41) is 17.5. The van der Waals surface area contributed by atoms with Gasteiger partial charge in [0.05, 0.1) is 11.3 Å². The Bertz CT molecular complexity index is 813. The van der Waals surface area contributed by atoms with Crippen LogP contribution in [0.2, 0.25) is 0 Å². The maximum atomic E-state index is 12.9. The summed E-state index contributed by atoms with van der Waals surface area (Å²) in [5.74, 6) is 1.08. The second kappa shape index (κ2) is 12.5. The van der Waals surface area contributed by atoms with Crippen molar-refractivity contribution in [2.45, 2.75) is 47.0 Å². The lowest BCUT2D eigenvalue weighted by Gasteiger charge is -2.20. The Morgan fingerprint density at radius 3 is 2.69 bits per heavy atom. The first-order valence-corrected chi connectivity index (χ1v) is 9.95. The minimum absolute atomic E-state index is 0.0457. The molecule has 7 heteroatoms. The van der Waals surface area contributed by atoms with Gasteiger partial charge in [-0.15, -0.1) is 0 Å². The molecule has 3 N–H and O–H groups in total. The fourth-order valence-corrected chi connectivity index (χ4v) is 2.74. The average molecular weight is 399 g/mol. The van der Waals surface area contributed by atoms with Gasteiger partial charge >= 0.3 is 0 Å². The third-order valence-corrected chi connectivity index (χ3v) is 4.50. The van der Waals surface area contributed by atoms with Crippen molar-refractivity contribution in [2.24, 2.45) is 4.99 Å². The van der Waals surface area contributed by atoms with Gasteiger partial charge in [-0.1, -0.05) is 30.6 Å². The number of aromatic nitrogens is 2. The minimum atomic E-state index is -0.0457. The maximum Gasteiger partial charge on any atom is 0.257 e. The maximum absolute atomic E-state index is 12.9. The van der Waals surface area contributed by atoms with Crippen molar-refractivity contribution >= 4 is 29.9 Å². The van der Waals surface area contributed by atoms with Gasteiger partial charge in [0.25, 0.3) is 5.91 Å². The SMILES string of the molecule is CCC/C(C)=C(\C(=O)N(C)CC)C(=NC)Nc1cc(/C=C/CC(C)=CC=N)[nH]n1. The molecule has 29 heavy (non-hydrogen) atoms. The molecule has 0 bridgehead atoms. The van der Waals surface area contributed by atoms with E-state index in [0.29, 0.717) is 23.8 Å². The predicted octanol–water partition coefficient (Wildman–Crippen LogP) is 4.44. The highest BCUT2D eigenvalue weighted by molar-refractivity contribution is 6.25. The smallest absolute Gasteiger partial charge is 0.257 e. The van der Waals surface area contributed by atoms with Crippen LogP contribution in [-0.2, 0) is 4.79 Å². The number of hydrogen-bond donors (Lipinski definition) is 3. The monoisotopic (exact) mass is 398 g/mol. The summed E-state index contributed by atoms with van der Waals surface area (Å²) in [6, 6.07) is 1.87. The molecule has 0 spiro atoms. The first-order valence-electron chi connectivity index (χ1n) is 9.95. The number of hydrogen-bond acceptors (Lipinski definition) is 4. The summed E-state index contributed by atoms with van der Waals surface area (Å²) in [6.45, 7) is 8.64. The zero-order valence-electron chi connectivity index (χ0n) is 18.5. The van der Waals surface area contributed by atoms with Crippen molar-refractivity contribution in [3.63, 3.8) is 0 Å². The Balaban J connectivity index is 3.04. The van der Waals surface area contributed by atoms with Crippen molar-refractivity contribution in [2.75, 3.05) is 26.0 Å². The fraction of sp³-hybridized carbons (Fsp3) is 0.455. The zero-order valence-corrected chi connectivity index (χ0v) is 18.5. The largest absolute Gasteiger partial charge is 0.342 e. The van der Waals surface area contributed by atoms with Crippen molar-refractivity contribution in [3.8, 4) is 0 Å². The molecule has 0 aromatic carbocycles. The minimum Gasteiger partial charge on any atom is -0.342 e. The second-order valence-corrected chi connectivity index (χ2v) is 6.92. The van der Waals surface area contributed by atoms with Crippen LogP contribution in [0.1, 0.15) is 52.7 Å². The van der Waals surface area contributed by atoms with E-state index in [1.807, 2.05) is 39.0 Å². The molecule has 0 radical (unpaired) electrons. The van der Waals surface area contributed by atoms with Crippen molar-refractivity contribution in [1.29, 1.82) is 5.41 Å². The molecule has 0 unspecified atom stereocenters. The van der Waals surface area contributed by atoms with Crippen molar-refractivity contribution < 1.29 is 4.79 Å². The van der Waals surface area contributed by atoms with Gasteiger partial charge in [0.15, 0.2) is 5.82 Å². The van der Waals surface area contributed by atoms with Gasteiger partial charge in [-0.25, -0.2) is 0 Å². The Morgan fingerprint density at radius 2 is 2.10 bits per heavy atom. The Kier molecular flexibility index (Phi) is 10.4. The van der Waals surface area contributed by atoms with Gasteiger partial charge in [-0.05, 0) is 45.8 Å². The first kappa shape index (κ1) is 24.1. The molecule has 0 saturated carbocycles. The van der Waals surface area contributed by atoms with Crippen LogP contribution in [0.4, 0.5) is 5.82 Å². The van der Waals surface area contributed by atoms with Gasteiger partial charge in [-0.2, -0.15) is 5.10 Å². The van der Waals surface area contributed by atoms with E-state index in [9.17, 15) is 4.79 Å². The molecule has 1 heterocycles. The van der Waals surface area contributed by atoms with Crippen LogP contribution in [0.25, 0.3) is 6.08 Å². The number of amidine groups is 1. The number of nitrogens with one attached hydrogen (secondary N) is 3. The normalized spacial score (nSPS) is 13.4. The zero-order chi connectivity index (χ0) is 21.8. The summed E-state index contributed by atoms with van der Waals surface area (Å²) in [5.41, 5.74) is 3.56. The van der Waals surface area contributed by atoms with E-state index in [2.05, 4.69) is 27.4 Å². The molecule has 0 atom stereocenters. The number of allylic oxidation sites excluding steroid dienone is 4. The Morgan fingerprint density at radius 1 is 1.38 bits per heavy atom. The number of carbonyl (C=O) groups is 1. The van der Waals surface area contributed by atoms with Crippen LogP contribution < -0.4 is 5.32 Å². The van der Waals surface area contributed by atoms with Gasteiger partial charge < -0.3 is 15.6 Å². The molecule has 0 aliphatic carbocycles. The number of amides is 1. The lowest BCUT2D eigenvalue weighted by Crippen LogP contribution is -2.34. The van der Waals surface area contributed by atoms with Crippen LogP contribution in [0, 0.1) is 5.41 Å². The third kappa shape index (κ3) is 7.52. The molecule has 0 aliphatic rings. The number of rotatable bonds is 10. The molecule has 1 rings (SSSR count). The molecular weight excluding hydrogens is 364 g/mol. The number of aromatic amines is 1. The summed E-state index contributed by atoms with van der Waals surface area (Å²) < 4.78 is 0. The van der Waals surface area contributed by atoms with Gasteiger partial charge in [0.1, 0.15) is 5.84 Å². The third-order valence-electron chi connectivity index (χ3n) is 4.50. The van der Waals surface area contributed by atoms with Crippen LogP contribution in [0.3, 0.4) is 0 Å². The summed E-state index contributed by atoms with van der Waals surface area (Å²) in [7, 11) is 3.47. The highest BCUT2D eigenvalue weighted by Gasteiger charge is 2.22. The van der Waals surface area contributed by atoms with E-state index >= 15 is 0 Å². The number of aliphatic imine (C=N–C) groups is 1. The molecule has 0 saturated heterocycles. The quantitative estimate of drug-likeness (QED) is 0.309. The number of likely N-dealkylation sites (N-methyl/N-ethyl adjacent to an activating group) is 1. The van der Waals surface area contributed by atoms with E-state index in [4.69, 9.17) is 5.41 Å². The van der Waals surface area contributed by atoms with E-state index in [-0.39, 0.29) is 5.91 Å². The lowest BCUT2D eigenvalue weighted by molar-refractivity contribution is -0.125. The number of carbonyl (C=O) groups excluding carboxylic acids is 1. The number of anilines is 1. The summed E-state index contributed by atoms with van der Waals surface area (Å²) in [4.78, 5) is 19.0. The van der Waals surface area contributed by atoms with E-state index in [1.54, 1.807) is 25.1 Å². The van der Waals surface area contributed by atoms with Crippen LogP contribution in [-0.4, -0.2) is 53.7 Å². The Hall–Kier alpha value is -2.96. The molecule has 1 aromatic rings. The molecule has 158 valence electrons. The van der Waals surface area contributed by atoms with Crippen molar-refractivity contribution in [1.82, 2.24) is 15.1 Å². The molecule has 0 fully saturated rings. The standard InChI is InChI=1S/C22H34N6O/c1-7-10-17(4)20(22(29)28(6)8-2)21(24-5)25-19-15-18(26-27-19)12-9-11-16(3)13-14-23/h9,12-15,23H,7-8,10-11H2,1-6H3,(H2,24,25,26,27)/b12-9+,16-13?,20-17-,23-14?. The molecular formula is C22H34N6O. The van der Waals surface area contributed by atoms with Crippen LogP contribution in [0.15, 0.2) is 39.9 Å². The molecule has 1 amide bonds. The Labute approximate surface area is 174 Å². The molecule has 1 aromatic heterocycles. The number of H-pyrrole nitrogens is 1. The first-order chi connectivity index (χ1) is 13.9. The van der Waals surface area contributed by atoms with Crippen LogP contribution >= 0.6 is 0 Å². The van der Waals surface area contributed by atoms with Gasteiger partial charge in [0, 0.05) is 32.9 Å². The molecule has 7 nitrogen and oxygen atoms in total. The average Bonchev–Trinajstić information content (AvgIpc) is 3.14.